The van der Waals surface area contributed by atoms with Crippen LogP contribution in [0, 0.1) is 11.8 Å². The molecule has 0 aromatic heterocycles. The number of hydrogen-bond donors (Lipinski definition) is 2. The first kappa shape index (κ1) is 19.9. The van der Waals surface area contributed by atoms with Crippen LogP contribution in [0.3, 0.4) is 0 Å². The van der Waals surface area contributed by atoms with E-state index in [1.807, 2.05) is 12.1 Å². The molecule has 4 rings (SSSR count). The number of rotatable bonds is 4. The van der Waals surface area contributed by atoms with Gasteiger partial charge in [-0.25, -0.2) is 0 Å². The molecule has 6 nitrogen and oxygen atoms in total. The molecule has 29 heavy (non-hydrogen) atoms. The van der Waals surface area contributed by atoms with Crippen molar-refractivity contribution >= 4 is 17.5 Å². The summed E-state index contributed by atoms with van der Waals surface area (Å²) in [6.45, 7) is 1.13. The van der Waals surface area contributed by atoms with Crippen LogP contribution in [0.2, 0.25) is 5.02 Å². The van der Waals surface area contributed by atoms with Crippen molar-refractivity contribution in [1.82, 2.24) is 4.90 Å². The van der Waals surface area contributed by atoms with Crippen molar-refractivity contribution < 1.29 is 24.5 Å². The number of para-hydroxylation sites is 1. The SMILES string of the molecule is COc1cccc(C(=O)N2C[C@H]3C[C@@H](Oc4cccc(Cl)c4)[C@H](O)C[C@H]3C2)c1O. The van der Waals surface area contributed by atoms with Crippen LogP contribution in [0.15, 0.2) is 42.5 Å². The van der Waals surface area contributed by atoms with Crippen LogP contribution in [-0.2, 0) is 0 Å². The number of amides is 1. The Hall–Kier alpha value is -2.44. The number of aliphatic hydroxyl groups is 1. The van der Waals surface area contributed by atoms with Crippen molar-refractivity contribution in [2.24, 2.45) is 11.8 Å². The first-order valence-corrected chi connectivity index (χ1v) is 10.1. The van der Waals surface area contributed by atoms with Gasteiger partial charge in [-0.05, 0) is 55.0 Å². The second-order valence-electron chi connectivity index (χ2n) is 7.74. The van der Waals surface area contributed by atoms with E-state index >= 15 is 0 Å². The van der Waals surface area contributed by atoms with E-state index in [1.54, 1.807) is 35.2 Å². The summed E-state index contributed by atoms with van der Waals surface area (Å²) in [4.78, 5) is 14.7. The predicted molar refractivity (Wildman–Crippen MR) is 109 cm³/mol. The number of fused-ring (bicyclic) bond motifs is 1. The van der Waals surface area contributed by atoms with Crippen LogP contribution >= 0.6 is 11.6 Å². The molecule has 1 aliphatic carbocycles. The summed E-state index contributed by atoms with van der Waals surface area (Å²) in [5, 5.41) is 21.5. The van der Waals surface area contributed by atoms with Gasteiger partial charge in [-0.15, -0.1) is 0 Å². The molecule has 2 aliphatic rings. The van der Waals surface area contributed by atoms with Crippen LogP contribution in [0.5, 0.6) is 17.2 Å². The number of benzene rings is 2. The zero-order valence-corrected chi connectivity index (χ0v) is 16.9. The zero-order chi connectivity index (χ0) is 20.5. The lowest BCUT2D eigenvalue weighted by molar-refractivity contribution is -0.0231. The van der Waals surface area contributed by atoms with Crippen LogP contribution in [-0.4, -0.2) is 53.4 Å². The Morgan fingerprint density at radius 1 is 1.14 bits per heavy atom. The van der Waals surface area contributed by atoms with Crippen molar-refractivity contribution in [2.75, 3.05) is 20.2 Å². The van der Waals surface area contributed by atoms with Gasteiger partial charge >= 0.3 is 0 Å². The minimum atomic E-state index is -0.601. The molecular formula is C22H24ClNO5. The lowest BCUT2D eigenvalue weighted by Crippen LogP contribution is -2.42. The van der Waals surface area contributed by atoms with E-state index in [2.05, 4.69) is 0 Å². The summed E-state index contributed by atoms with van der Waals surface area (Å²) in [5.74, 6) is 0.986. The number of aliphatic hydroxyl groups excluding tert-OH is 1. The molecule has 0 bridgehead atoms. The molecule has 4 atom stereocenters. The van der Waals surface area contributed by atoms with Gasteiger partial charge in [0.2, 0.25) is 0 Å². The maximum Gasteiger partial charge on any atom is 0.257 e. The number of halogens is 1. The normalized spacial score (nSPS) is 26.1. The molecule has 0 unspecified atom stereocenters. The monoisotopic (exact) mass is 417 g/mol. The molecule has 1 aliphatic heterocycles. The number of methoxy groups -OCH3 is 1. The molecule has 2 N–H and O–H groups in total. The molecule has 2 aromatic rings. The largest absolute Gasteiger partial charge is 0.504 e. The van der Waals surface area contributed by atoms with Gasteiger partial charge in [0, 0.05) is 18.1 Å². The summed E-state index contributed by atoms with van der Waals surface area (Å²) >= 11 is 6.02. The standard InChI is InChI=1S/C22H24ClNO5/c1-28-19-7-3-6-17(21(19)26)22(27)24-11-13-8-18(25)20(9-14(13)12-24)29-16-5-2-4-15(23)10-16/h2-7,10,13-14,18,20,25-26H,8-9,11-12H2,1H3/t13-,14+,18+,20+/m0/s1. The van der Waals surface area contributed by atoms with E-state index < -0.39 is 6.10 Å². The van der Waals surface area contributed by atoms with Gasteiger partial charge in [0.25, 0.3) is 5.91 Å². The van der Waals surface area contributed by atoms with Crippen molar-refractivity contribution in [3.05, 3.63) is 53.1 Å². The number of phenolic OH excluding ortho intramolecular Hbond substituents is 1. The number of likely N-dealkylation sites (tertiary alicyclic amines) is 1. The van der Waals surface area contributed by atoms with Crippen molar-refractivity contribution in [3.8, 4) is 17.2 Å². The topological polar surface area (TPSA) is 79.2 Å². The number of nitrogens with zero attached hydrogens (tertiary/aromatic N) is 1. The van der Waals surface area contributed by atoms with E-state index in [4.69, 9.17) is 21.1 Å². The highest BCUT2D eigenvalue weighted by Gasteiger charge is 2.44. The number of ether oxygens (including phenoxy) is 2. The van der Waals surface area contributed by atoms with Crippen molar-refractivity contribution in [1.29, 1.82) is 0 Å². The third-order valence-electron chi connectivity index (χ3n) is 5.90. The van der Waals surface area contributed by atoms with E-state index in [9.17, 15) is 15.0 Å². The quantitative estimate of drug-likeness (QED) is 0.797. The van der Waals surface area contributed by atoms with E-state index in [1.165, 1.54) is 7.11 Å². The average molecular weight is 418 g/mol. The first-order valence-electron chi connectivity index (χ1n) is 9.71. The van der Waals surface area contributed by atoms with E-state index in [0.29, 0.717) is 36.7 Å². The molecule has 154 valence electrons. The molecule has 1 saturated carbocycles. The maximum absolute atomic E-state index is 13.0. The minimum absolute atomic E-state index is 0.142. The summed E-state index contributed by atoms with van der Waals surface area (Å²) in [6.07, 6.45) is 0.293. The summed E-state index contributed by atoms with van der Waals surface area (Å²) in [6, 6.07) is 12.0. The Morgan fingerprint density at radius 3 is 2.59 bits per heavy atom. The van der Waals surface area contributed by atoms with Crippen LogP contribution < -0.4 is 9.47 Å². The van der Waals surface area contributed by atoms with Crippen molar-refractivity contribution in [2.45, 2.75) is 25.0 Å². The Kier molecular flexibility index (Phi) is 5.56. The van der Waals surface area contributed by atoms with Gasteiger partial charge in [-0.3, -0.25) is 4.79 Å². The second kappa shape index (κ2) is 8.13. The highest BCUT2D eigenvalue weighted by Crippen LogP contribution is 2.39. The van der Waals surface area contributed by atoms with Crippen molar-refractivity contribution in [3.63, 3.8) is 0 Å². The van der Waals surface area contributed by atoms with Crippen LogP contribution in [0.25, 0.3) is 0 Å². The Balaban J connectivity index is 1.45. The summed E-state index contributed by atoms with van der Waals surface area (Å²) in [5.41, 5.74) is 0.232. The number of carbonyl (C=O) groups is 1. The Bertz CT molecular complexity index is 905. The van der Waals surface area contributed by atoms with Gasteiger partial charge in [-0.2, -0.15) is 0 Å². The summed E-state index contributed by atoms with van der Waals surface area (Å²) in [7, 11) is 1.45. The van der Waals surface area contributed by atoms with E-state index in [0.717, 1.165) is 0 Å². The molecule has 1 saturated heterocycles. The highest BCUT2D eigenvalue weighted by molar-refractivity contribution is 6.30. The molecule has 0 radical (unpaired) electrons. The zero-order valence-electron chi connectivity index (χ0n) is 16.1. The van der Waals surface area contributed by atoms with Gasteiger partial charge in [0.05, 0.1) is 18.8 Å². The molecule has 2 aromatic carbocycles. The number of aromatic hydroxyl groups is 1. The van der Waals surface area contributed by atoms with E-state index in [-0.39, 0.29) is 40.9 Å². The van der Waals surface area contributed by atoms with Crippen LogP contribution in [0.1, 0.15) is 23.2 Å². The smallest absolute Gasteiger partial charge is 0.257 e. The third-order valence-corrected chi connectivity index (χ3v) is 6.14. The predicted octanol–water partition coefficient (Wildman–Crippen LogP) is 3.34. The van der Waals surface area contributed by atoms with Gasteiger partial charge in [0.1, 0.15) is 11.9 Å². The Morgan fingerprint density at radius 2 is 1.86 bits per heavy atom. The molecular weight excluding hydrogens is 394 g/mol. The van der Waals surface area contributed by atoms with Gasteiger partial charge in [-0.1, -0.05) is 23.7 Å². The fourth-order valence-corrected chi connectivity index (χ4v) is 4.61. The number of phenols is 1. The number of hydrogen-bond acceptors (Lipinski definition) is 5. The lowest BCUT2D eigenvalue weighted by atomic mass is 9.78. The molecule has 7 heteroatoms. The maximum atomic E-state index is 13.0. The average Bonchev–Trinajstić information content (AvgIpc) is 3.10. The Labute approximate surface area is 174 Å². The number of carbonyl (C=O) groups excluding carboxylic acids is 1. The lowest BCUT2D eigenvalue weighted by Gasteiger charge is -2.35. The van der Waals surface area contributed by atoms with Crippen LogP contribution in [0.4, 0.5) is 0 Å². The second-order valence-corrected chi connectivity index (χ2v) is 8.18. The molecule has 2 fully saturated rings. The minimum Gasteiger partial charge on any atom is -0.504 e. The summed E-state index contributed by atoms with van der Waals surface area (Å²) < 4.78 is 11.1. The highest BCUT2D eigenvalue weighted by atomic mass is 35.5. The molecule has 0 spiro atoms. The molecule has 1 amide bonds. The van der Waals surface area contributed by atoms with Gasteiger partial charge in [0.15, 0.2) is 11.5 Å². The molecule has 1 heterocycles. The first-order chi connectivity index (χ1) is 14.0. The fourth-order valence-electron chi connectivity index (χ4n) is 4.43. The van der Waals surface area contributed by atoms with Gasteiger partial charge < -0.3 is 24.6 Å². The third kappa shape index (κ3) is 4.00. The fraction of sp³-hybridized carbons (Fsp3) is 0.409.